The number of carbonyl (C=O) groups is 1. The first-order chi connectivity index (χ1) is 7.22. The van der Waals surface area contributed by atoms with Gasteiger partial charge in [-0.1, -0.05) is 0 Å². The smallest absolute Gasteiger partial charge is 0.303 e. The number of ether oxygens (including phenoxy) is 1. The number of nitrogens with zero attached hydrogens (tertiary/aromatic N) is 1. The van der Waals surface area contributed by atoms with Gasteiger partial charge in [-0.2, -0.15) is 5.26 Å². The van der Waals surface area contributed by atoms with Crippen molar-refractivity contribution in [2.75, 3.05) is 6.61 Å². The van der Waals surface area contributed by atoms with Gasteiger partial charge < -0.3 is 9.84 Å². The minimum absolute atomic E-state index is 0.107. The zero-order valence-corrected chi connectivity index (χ0v) is 8.14. The largest absolute Gasteiger partial charge is 0.494 e. The average molecular weight is 205 g/mol. The minimum atomic E-state index is -0.821. The average Bonchev–Trinajstić information content (AvgIpc) is 2.25. The van der Waals surface area contributed by atoms with Crippen LogP contribution in [0.3, 0.4) is 0 Å². The van der Waals surface area contributed by atoms with Gasteiger partial charge in [0.1, 0.15) is 5.75 Å². The molecule has 1 aromatic rings. The first-order valence-corrected chi connectivity index (χ1v) is 4.57. The summed E-state index contributed by atoms with van der Waals surface area (Å²) in [5, 5.41) is 16.9. The molecule has 1 rings (SSSR count). The second-order valence-electron chi connectivity index (χ2n) is 2.98. The summed E-state index contributed by atoms with van der Waals surface area (Å²) in [6, 6.07) is 8.71. The number of hydrogen-bond acceptors (Lipinski definition) is 3. The van der Waals surface area contributed by atoms with Gasteiger partial charge in [-0.05, 0) is 30.7 Å². The highest BCUT2D eigenvalue weighted by molar-refractivity contribution is 5.66. The molecule has 0 spiro atoms. The zero-order valence-electron chi connectivity index (χ0n) is 8.14. The van der Waals surface area contributed by atoms with Crippen LogP contribution in [0.5, 0.6) is 5.75 Å². The van der Waals surface area contributed by atoms with Crippen LogP contribution in [0.4, 0.5) is 0 Å². The molecule has 0 aliphatic heterocycles. The number of rotatable bonds is 5. The van der Waals surface area contributed by atoms with Crippen LogP contribution in [0.1, 0.15) is 18.4 Å². The topological polar surface area (TPSA) is 70.3 Å². The van der Waals surface area contributed by atoms with E-state index in [0.717, 1.165) is 0 Å². The van der Waals surface area contributed by atoms with E-state index in [4.69, 9.17) is 15.1 Å². The van der Waals surface area contributed by atoms with Crippen molar-refractivity contribution in [2.45, 2.75) is 12.8 Å². The summed E-state index contributed by atoms with van der Waals surface area (Å²) >= 11 is 0. The molecule has 0 saturated heterocycles. The van der Waals surface area contributed by atoms with Crippen molar-refractivity contribution >= 4 is 5.97 Å². The third-order valence-corrected chi connectivity index (χ3v) is 1.79. The zero-order chi connectivity index (χ0) is 11.1. The fraction of sp³-hybridized carbons (Fsp3) is 0.273. The predicted molar refractivity (Wildman–Crippen MR) is 53.5 cm³/mol. The molecule has 1 N–H and O–H groups in total. The summed E-state index contributed by atoms with van der Waals surface area (Å²) in [5.74, 6) is -0.169. The monoisotopic (exact) mass is 205 g/mol. The molecule has 0 aliphatic carbocycles. The molecule has 0 bridgehead atoms. The molecule has 0 saturated carbocycles. The van der Waals surface area contributed by atoms with Crippen molar-refractivity contribution in [3.63, 3.8) is 0 Å². The molecular weight excluding hydrogens is 194 g/mol. The fourth-order valence-electron chi connectivity index (χ4n) is 1.04. The van der Waals surface area contributed by atoms with Gasteiger partial charge in [0, 0.05) is 6.42 Å². The van der Waals surface area contributed by atoms with E-state index in [1.807, 2.05) is 6.07 Å². The van der Waals surface area contributed by atoms with E-state index in [9.17, 15) is 4.79 Å². The SMILES string of the molecule is N#Cc1ccc(OCCCC(=O)O)cc1. The van der Waals surface area contributed by atoms with Gasteiger partial charge in [0.05, 0.1) is 18.2 Å². The van der Waals surface area contributed by atoms with Crippen LogP contribution in [0, 0.1) is 11.3 Å². The number of carboxylic acid groups (broad SMARTS) is 1. The van der Waals surface area contributed by atoms with E-state index in [-0.39, 0.29) is 6.42 Å². The summed E-state index contributed by atoms with van der Waals surface area (Å²) in [6.45, 7) is 0.373. The van der Waals surface area contributed by atoms with Crippen LogP contribution < -0.4 is 4.74 Å². The minimum Gasteiger partial charge on any atom is -0.494 e. The normalized spacial score (nSPS) is 9.27. The molecule has 1 aromatic carbocycles. The van der Waals surface area contributed by atoms with Crippen LogP contribution >= 0.6 is 0 Å². The predicted octanol–water partition coefficient (Wildman–Crippen LogP) is 1.80. The molecule has 0 aromatic heterocycles. The molecule has 0 radical (unpaired) electrons. The molecule has 4 heteroatoms. The molecule has 0 aliphatic rings. The second kappa shape index (κ2) is 5.66. The standard InChI is InChI=1S/C11H11NO3/c12-8-9-3-5-10(6-4-9)15-7-1-2-11(13)14/h3-6H,1-2,7H2,(H,13,14). The maximum Gasteiger partial charge on any atom is 0.303 e. The van der Waals surface area contributed by atoms with Crippen LogP contribution in [-0.2, 0) is 4.79 Å². The highest BCUT2D eigenvalue weighted by Gasteiger charge is 1.98. The molecule has 0 atom stereocenters. The fourth-order valence-corrected chi connectivity index (χ4v) is 1.04. The van der Waals surface area contributed by atoms with Crippen molar-refractivity contribution in [2.24, 2.45) is 0 Å². The Morgan fingerprint density at radius 3 is 2.60 bits per heavy atom. The lowest BCUT2D eigenvalue weighted by Crippen LogP contribution is -2.01. The van der Waals surface area contributed by atoms with E-state index in [1.54, 1.807) is 24.3 Å². The maximum absolute atomic E-state index is 10.2. The summed E-state index contributed by atoms with van der Waals surface area (Å²) in [5.41, 5.74) is 0.577. The van der Waals surface area contributed by atoms with Crippen LogP contribution in [-0.4, -0.2) is 17.7 Å². The summed E-state index contributed by atoms with van der Waals surface area (Å²) in [4.78, 5) is 10.2. The summed E-state index contributed by atoms with van der Waals surface area (Å²) < 4.78 is 5.28. The molecule has 0 heterocycles. The quantitative estimate of drug-likeness (QED) is 0.744. The van der Waals surface area contributed by atoms with E-state index < -0.39 is 5.97 Å². The second-order valence-corrected chi connectivity index (χ2v) is 2.98. The number of carboxylic acids is 1. The van der Waals surface area contributed by atoms with Gasteiger partial charge in [0.15, 0.2) is 0 Å². The van der Waals surface area contributed by atoms with Gasteiger partial charge >= 0.3 is 5.97 Å². The van der Waals surface area contributed by atoms with Crippen molar-refractivity contribution in [3.05, 3.63) is 29.8 Å². The highest BCUT2D eigenvalue weighted by atomic mass is 16.5. The van der Waals surface area contributed by atoms with Gasteiger partial charge in [-0.15, -0.1) is 0 Å². The molecule has 0 amide bonds. The van der Waals surface area contributed by atoms with E-state index in [2.05, 4.69) is 0 Å². The number of nitriles is 1. The van der Waals surface area contributed by atoms with Crippen LogP contribution in [0.15, 0.2) is 24.3 Å². The summed E-state index contributed by atoms with van der Waals surface area (Å²) in [6.07, 6.45) is 0.589. The molecule has 4 nitrogen and oxygen atoms in total. The lowest BCUT2D eigenvalue weighted by atomic mass is 10.2. The molecule has 78 valence electrons. The third-order valence-electron chi connectivity index (χ3n) is 1.79. The molecule has 15 heavy (non-hydrogen) atoms. The molecule has 0 fully saturated rings. The number of aliphatic carboxylic acids is 1. The third kappa shape index (κ3) is 4.14. The van der Waals surface area contributed by atoms with E-state index in [0.29, 0.717) is 24.3 Å². The van der Waals surface area contributed by atoms with E-state index >= 15 is 0 Å². The Morgan fingerprint density at radius 2 is 2.07 bits per heavy atom. The van der Waals surface area contributed by atoms with Gasteiger partial charge in [0.25, 0.3) is 0 Å². The van der Waals surface area contributed by atoms with Gasteiger partial charge in [0.2, 0.25) is 0 Å². The van der Waals surface area contributed by atoms with Crippen LogP contribution in [0.2, 0.25) is 0 Å². The van der Waals surface area contributed by atoms with E-state index in [1.165, 1.54) is 0 Å². The Morgan fingerprint density at radius 1 is 1.40 bits per heavy atom. The van der Waals surface area contributed by atoms with Crippen molar-refractivity contribution < 1.29 is 14.6 Å². The Labute approximate surface area is 87.7 Å². The first kappa shape index (κ1) is 11.1. The lowest BCUT2D eigenvalue weighted by molar-refractivity contribution is -0.137. The Hall–Kier alpha value is -2.02. The number of benzene rings is 1. The van der Waals surface area contributed by atoms with Crippen LogP contribution in [0.25, 0.3) is 0 Å². The molecule has 0 unspecified atom stereocenters. The summed E-state index contributed by atoms with van der Waals surface area (Å²) in [7, 11) is 0. The van der Waals surface area contributed by atoms with Gasteiger partial charge in [-0.3, -0.25) is 4.79 Å². The Balaban J connectivity index is 2.32. The van der Waals surface area contributed by atoms with Gasteiger partial charge in [-0.25, -0.2) is 0 Å². The Bertz CT molecular complexity index is 364. The number of hydrogen-bond donors (Lipinski definition) is 1. The molecular formula is C11H11NO3. The maximum atomic E-state index is 10.2. The van der Waals surface area contributed by atoms with Crippen molar-refractivity contribution in [1.82, 2.24) is 0 Å². The Kier molecular flexibility index (Phi) is 4.17. The highest BCUT2D eigenvalue weighted by Crippen LogP contribution is 2.11. The lowest BCUT2D eigenvalue weighted by Gasteiger charge is -2.04. The first-order valence-electron chi connectivity index (χ1n) is 4.57. The van der Waals surface area contributed by atoms with Crippen molar-refractivity contribution in [3.8, 4) is 11.8 Å². The van der Waals surface area contributed by atoms with Crippen molar-refractivity contribution in [1.29, 1.82) is 5.26 Å².